The van der Waals surface area contributed by atoms with E-state index in [1.807, 2.05) is 0 Å². The van der Waals surface area contributed by atoms with Crippen molar-refractivity contribution < 1.29 is 24.9 Å². The topological polar surface area (TPSA) is 192 Å². The number of rotatable bonds is 5. The number of hydrogen-bond acceptors (Lipinski definition) is 10. The third-order valence-corrected chi connectivity index (χ3v) is 4.97. The minimum absolute atomic E-state index is 0.312. The molecule has 12 nitrogen and oxygen atoms in total. The molecule has 2 fully saturated rings. The quantitative estimate of drug-likeness (QED) is 0.285. The lowest BCUT2D eigenvalue weighted by molar-refractivity contribution is -0.185. The molecule has 2 aromatic heterocycles. The summed E-state index contributed by atoms with van der Waals surface area (Å²) in [4.78, 5) is 27.1. The SMILES string of the molecule is NC1(C(=O)N[C@@H]2[C@@H](O)[C@H](O)[C@@H](Nc3ncnc4nc[nH]c34)O[C@H]2CO)CC1. The van der Waals surface area contributed by atoms with E-state index in [9.17, 15) is 20.1 Å². The second kappa shape index (κ2) is 6.65. The molecule has 1 saturated heterocycles. The van der Waals surface area contributed by atoms with E-state index in [-0.39, 0.29) is 0 Å². The monoisotopic (exact) mass is 379 g/mol. The normalized spacial score (nSPS) is 32.2. The molecule has 0 bridgehead atoms. The van der Waals surface area contributed by atoms with Gasteiger partial charge in [0.15, 0.2) is 17.7 Å². The van der Waals surface area contributed by atoms with Crippen molar-refractivity contribution in [1.29, 1.82) is 0 Å². The van der Waals surface area contributed by atoms with Gasteiger partial charge >= 0.3 is 0 Å². The van der Waals surface area contributed by atoms with Crippen LogP contribution in [0.2, 0.25) is 0 Å². The van der Waals surface area contributed by atoms with E-state index >= 15 is 0 Å². The Kier molecular flexibility index (Phi) is 4.44. The smallest absolute Gasteiger partial charge is 0.240 e. The first-order valence-corrected chi connectivity index (χ1v) is 8.56. The van der Waals surface area contributed by atoms with Crippen molar-refractivity contribution in [3.05, 3.63) is 12.7 Å². The summed E-state index contributed by atoms with van der Waals surface area (Å²) < 4.78 is 5.67. The summed E-state index contributed by atoms with van der Waals surface area (Å²) >= 11 is 0. The summed E-state index contributed by atoms with van der Waals surface area (Å²) in [5.41, 5.74) is 5.81. The Morgan fingerprint density at radius 3 is 2.81 bits per heavy atom. The van der Waals surface area contributed by atoms with Crippen LogP contribution in [0, 0.1) is 0 Å². The number of carbonyl (C=O) groups excluding carboxylic acids is 1. The van der Waals surface area contributed by atoms with Gasteiger partial charge in [-0.25, -0.2) is 15.0 Å². The lowest BCUT2D eigenvalue weighted by Crippen LogP contribution is -2.67. The number of aromatic amines is 1. The number of aliphatic hydroxyl groups excluding tert-OH is 3. The van der Waals surface area contributed by atoms with Gasteiger partial charge in [0, 0.05) is 0 Å². The molecule has 5 atom stereocenters. The summed E-state index contributed by atoms with van der Waals surface area (Å²) in [5.74, 6) is -0.131. The Bertz CT molecular complexity index is 839. The molecule has 2 aromatic rings. The number of nitrogens with one attached hydrogen (secondary N) is 3. The van der Waals surface area contributed by atoms with Crippen LogP contribution in [0.4, 0.5) is 5.82 Å². The molecule has 0 unspecified atom stereocenters. The number of fused-ring (bicyclic) bond motifs is 1. The number of imidazole rings is 1. The van der Waals surface area contributed by atoms with Crippen molar-refractivity contribution in [1.82, 2.24) is 25.3 Å². The zero-order valence-corrected chi connectivity index (χ0v) is 14.2. The summed E-state index contributed by atoms with van der Waals surface area (Å²) in [7, 11) is 0. The predicted octanol–water partition coefficient (Wildman–Crippen LogP) is -2.82. The average molecular weight is 379 g/mol. The molecule has 4 rings (SSSR count). The van der Waals surface area contributed by atoms with Crippen molar-refractivity contribution in [2.45, 2.75) is 49.0 Å². The zero-order valence-electron chi connectivity index (χ0n) is 14.2. The van der Waals surface area contributed by atoms with Crippen molar-refractivity contribution in [2.75, 3.05) is 11.9 Å². The van der Waals surface area contributed by atoms with Crippen LogP contribution in [-0.2, 0) is 9.53 Å². The number of anilines is 1. The van der Waals surface area contributed by atoms with Gasteiger partial charge in [0.2, 0.25) is 5.91 Å². The van der Waals surface area contributed by atoms with E-state index < -0.39 is 48.6 Å². The Morgan fingerprint density at radius 2 is 2.11 bits per heavy atom. The van der Waals surface area contributed by atoms with E-state index in [1.54, 1.807) is 0 Å². The highest BCUT2D eigenvalue weighted by atomic mass is 16.5. The molecule has 146 valence electrons. The Hall–Kier alpha value is -2.38. The number of aliphatic hydroxyl groups is 3. The highest BCUT2D eigenvalue weighted by Crippen LogP contribution is 2.33. The third-order valence-electron chi connectivity index (χ3n) is 4.97. The van der Waals surface area contributed by atoms with Crippen LogP contribution in [0.5, 0.6) is 0 Å². The standard InChI is InChI=1S/C15H21N7O5/c16-15(1-2-15)14(26)21-7-6(3-23)27-13(10(25)9(7)24)22-12-8-11(18-4-17-8)19-5-20-12/h4-7,9-10,13,23-25H,1-3,16H2,(H,21,26)(H2,17,18,19,20,22)/t6-,7-,9+,10-,13-/m0/s1. The molecule has 0 spiro atoms. The number of amides is 1. The maximum absolute atomic E-state index is 12.2. The molecule has 2 aliphatic rings. The van der Waals surface area contributed by atoms with Crippen LogP contribution in [0.15, 0.2) is 12.7 Å². The molecule has 1 amide bonds. The minimum atomic E-state index is -1.40. The van der Waals surface area contributed by atoms with E-state index in [0.717, 1.165) is 0 Å². The summed E-state index contributed by atoms with van der Waals surface area (Å²) in [5, 5.41) is 36.1. The number of hydrogen-bond donors (Lipinski definition) is 7. The third kappa shape index (κ3) is 3.21. The second-order valence-corrected chi connectivity index (χ2v) is 6.88. The van der Waals surface area contributed by atoms with Gasteiger partial charge in [-0.2, -0.15) is 0 Å². The van der Waals surface area contributed by atoms with Crippen LogP contribution < -0.4 is 16.4 Å². The van der Waals surface area contributed by atoms with Gasteiger partial charge in [-0.05, 0) is 12.8 Å². The largest absolute Gasteiger partial charge is 0.394 e. The van der Waals surface area contributed by atoms with E-state index in [4.69, 9.17) is 10.5 Å². The van der Waals surface area contributed by atoms with Gasteiger partial charge in [0.25, 0.3) is 0 Å². The maximum atomic E-state index is 12.2. The molecular formula is C15H21N7O5. The zero-order chi connectivity index (χ0) is 19.2. The number of H-pyrrole nitrogens is 1. The average Bonchev–Trinajstić information content (AvgIpc) is 3.23. The van der Waals surface area contributed by atoms with Crippen LogP contribution >= 0.6 is 0 Å². The first-order chi connectivity index (χ1) is 12.9. The highest BCUT2D eigenvalue weighted by molar-refractivity contribution is 5.89. The molecular weight excluding hydrogens is 358 g/mol. The molecule has 1 aliphatic carbocycles. The first-order valence-electron chi connectivity index (χ1n) is 8.56. The van der Waals surface area contributed by atoms with E-state index in [1.165, 1.54) is 12.7 Å². The fraction of sp³-hybridized carbons (Fsp3) is 0.600. The van der Waals surface area contributed by atoms with Crippen molar-refractivity contribution in [2.24, 2.45) is 5.73 Å². The fourth-order valence-electron chi connectivity index (χ4n) is 3.09. The van der Waals surface area contributed by atoms with Crippen molar-refractivity contribution >= 4 is 22.9 Å². The first kappa shape index (κ1) is 18.0. The summed E-state index contributed by atoms with van der Waals surface area (Å²) in [6, 6.07) is -1.01. The summed E-state index contributed by atoms with van der Waals surface area (Å²) in [6.07, 6.45) is -0.997. The molecule has 1 aliphatic heterocycles. The van der Waals surface area contributed by atoms with Gasteiger partial charge in [0.1, 0.15) is 30.2 Å². The van der Waals surface area contributed by atoms with E-state index in [0.29, 0.717) is 29.8 Å². The van der Waals surface area contributed by atoms with Gasteiger partial charge in [-0.15, -0.1) is 0 Å². The summed E-state index contributed by atoms with van der Waals surface area (Å²) in [6.45, 7) is -0.478. The van der Waals surface area contributed by atoms with Gasteiger partial charge < -0.3 is 41.4 Å². The predicted molar refractivity (Wildman–Crippen MR) is 91.1 cm³/mol. The number of nitrogens with two attached hydrogens (primary N) is 1. The lowest BCUT2D eigenvalue weighted by atomic mass is 9.95. The molecule has 3 heterocycles. The molecule has 0 radical (unpaired) electrons. The number of ether oxygens (including phenoxy) is 1. The van der Waals surface area contributed by atoms with Gasteiger partial charge in [-0.1, -0.05) is 0 Å². The Morgan fingerprint density at radius 1 is 1.33 bits per heavy atom. The minimum Gasteiger partial charge on any atom is -0.394 e. The highest BCUT2D eigenvalue weighted by Gasteiger charge is 2.50. The molecule has 0 aromatic carbocycles. The molecule has 27 heavy (non-hydrogen) atoms. The number of nitrogens with zero attached hydrogens (tertiary/aromatic N) is 3. The van der Waals surface area contributed by atoms with Crippen molar-refractivity contribution in [3.8, 4) is 0 Å². The Labute approximate surface area is 153 Å². The van der Waals surface area contributed by atoms with Crippen LogP contribution in [-0.4, -0.2) is 83.9 Å². The van der Waals surface area contributed by atoms with E-state index in [2.05, 4.69) is 30.6 Å². The Balaban J connectivity index is 1.51. The van der Waals surface area contributed by atoms with Gasteiger partial charge in [-0.3, -0.25) is 4.79 Å². The number of carbonyl (C=O) groups is 1. The van der Waals surface area contributed by atoms with Crippen LogP contribution in [0.25, 0.3) is 11.2 Å². The van der Waals surface area contributed by atoms with Crippen molar-refractivity contribution in [3.63, 3.8) is 0 Å². The number of aromatic nitrogens is 4. The van der Waals surface area contributed by atoms with Crippen LogP contribution in [0.1, 0.15) is 12.8 Å². The lowest BCUT2D eigenvalue weighted by Gasteiger charge is -2.43. The molecule has 8 N–H and O–H groups in total. The fourth-order valence-corrected chi connectivity index (χ4v) is 3.09. The van der Waals surface area contributed by atoms with Gasteiger partial charge in [0.05, 0.1) is 24.5 Å². The molecule has 12 heteroatoms. The maximum Gasteiger partial charge on any atom is 0.240 e. The molecule has 1 saturated carbocycles. The van der Waals surface area contributed by atoms with Crippen LogP contribution in [0.3, 0.4) is 0 Å². The second-order valence-electron chi connectivity index (χ2n) is 6.88.